The second-order valence-corrected chi connectivity index (χ2v) is 8.68. The zero-order chi connectivity index (χ0) is 23.7. The Kier molecular flexibility index (Phi) is 5.90. The van der Waals surface area contributed by atoms with Crippen LogP contribution in [0.5, 0.6) is 5.75 Å². The number of hydrogen-bond donors (Lipinski definition) is 0. The largest absolute Gasteiger partial charge is 0.494 e. The fourth-order valence-corrected chi connectivity index (χ4v) is 4.72. The molecule has 5 aromatic rings. The molecule has 0 saturated carbocycles. The Balaban J connectivity index is 1.58. The second-order valence-electron chi connectivity index (χ2n) is 7.74. The molecule has 7 nitrogen and oxygen atoms in total. The zero-order valence-electron chi connectivity index (χ0n) is 18.8. The Morgan fingerprint density at radius 3 is 2.56 bits per heavy atom. The van der Waals surface area contributed by atoms with Crippen LogP contribution in [0.2, 0.25) is 0 Å². The lowest BCUT2D eigenvalue weighted by atomic mass is 10.2. The molecule has 0 amide bonds. The van der Waals surface area contributed by atoms with Gasteiger partial charge in [0.1, 0.15) is 11.4 Å². The number of aryl methyl sites for hydroxylation is 1. The SMILES string of the molecule is CCOc1ccc(-n2c(SCc3cc(=O)n4cccc(C)c4n3)nc3ccccc3c2=O)cc1. The Bertz CT molecular complexity index is 1620. The van der Waals surface area contributed by atoms with Crippen LogP contribution < -0.4 is 15.9 Å². The first-order chi connectivity index (χ1) is 16.5. The predicted molar refractivity (Wildman–Crippen MR) is 134 cm³/mol. The number of benzene rings is 2. The van der Waals surface area contributed by atoms with Gasteiger partial charge in [0, 0.05) is 18.0 Å². The molecule has 0 aliphatic carbocycles. The summed E-state index contributed by atoms with van der Waals surface area (Å²) in [5.74, 6) is 1.13. The van der Waals surface area contributed by atoms with Crippen molar-refractivity contribution in [2.45, 2.75) is 24.8 Å². The lowest BCUT2D eigenvalue weighted by Gasteiger charge is -2.14. The highest BCUT2D eigenvalue weighted by molar-refractivity contribution is 7.98. The summed E-state index contributed by atoms with van der Waals surface area (Å²) < 4.78 is 8.68. The number of thioether (sulfide) groups is 1. The van der Waals surface area contributed by atoms with Gasteiger partial charge in [0.05, 0.1) is 28.9 Å². The average Bonchev–Trinajstić information content (AvgIpc) is 2.84. The topological polar surface area (TPSA) is 78.5 Å². The van der Waals surface area contributed by atoms with Crippen molar-refractivity contribution in [2.24, 2.45) is 0 Å². The van der Waals surface area contributed by atoms with E-state index in [-0.39, 0.29) is 11.1 Å². The third-order valence-corrected chi connectivity index (χ3v) is 6.41. The van der Waals surface area contributed by atoms with E-state index in [2.05, 4.69) is 4.98 Å². The normalized spacial score (nSPS) is 11.2. The molecule has 0 aliphatic rings. The number of pyridine rings is 1. The monoisotopic (exact) mass is 470 g/mol. The highest BCUT2D eigenvalue weighted by atomic mass is 32.2. The van der Waals surface area contributed by atoms with E-state index in [4.69, 9.17) is 9.72 Å². The summed E-state index contributed by atoms with van der Waals surface area (Å²) in [6.45, 7) is 4.41. The molecule has 0 spiro atoms. The van der Waals surface area contributed by atoms with Crippen LogP contribution in [-0.4, -0.2) is 25.5 Å². The van der Waals surface area contributed by atoms with Crippen LogP contribution in [0.15, 0.2) is 87.7 Å². The van der Waals surface area contributed by atoms with Crippen LogP contribution in [0.1, 0.15) is 18.2 Å². The van der Waals surface area contributed by atoms with Crippen molar-refractivity contribution in [1.82, 2.24) is 18.9 Å². The smallest absolute Gasteiger partial charge is 0.266 e. The number of aromatic nitrogens is 4. The van der Waals surface area contributed by atoms with Crippen molar-refractivity contribution < 1.29 is 4.74 Å². The maximum atomic E-state index is 13.5. The molecule has 0 atom stereocenters. The molecule has 0 aliphatic heterocycles. The average molecular weight is 471 g/mol. The first-order valence-corrected chi connectivity index (χ1v) is 11.9. The molecule has 5 rings (SSSR count). The van der Waals surface area contributed by atoms with Crippen molar-refractivity contribution in [1.29, 1.82) is 0 Å². The Labute approximate surface area is 199 Å². The zero-order valence-corrected chi connectivity index (χ0v) is 19.6. The molecule has 3 aromatic heterocycles. The summed E-state index contributed by atoms with van der Waals surface area (Å²) >= 11 is 1.37. The Morgan fingerprint density at radius 2 is 1.76 bits per heavy atom. The molecule has 3 heterocycles. The van der Waals surface area contributed by atoms with Crippen LogP contribution in [0.4, 0.5) is 0 Å². The lowest BCUT2D eigenvalue weighted by molar-refractivity contribution is 0.340. The van der Waals surface area contributed by atoms with Crippen molar-refractivity contribution in [3.8, 4) is 11.4 Å². The summed E-state index contributed by atoms with van der Waals surface area (Å²) in [6, 6.07) is 19.9. The van der Waals surface area contributed by atoms with Gasteiger partial charge in [0.2, 0.25) is 0 Å². The first kappa shape index (κ1) is 21.9. The van der Waals surface area contributed by atoms with E-state index >= 15 is 0 Å². The van der Waals surface area contributed by atoms with Gasteiger partial charge in [-0.2, -0.15) is 0 Å². The molecule has 34 heavy (non-hydrogen) atoms. The van der Waals surface area contributed by atoms with Crippen LogP contribution in [0, 0.1) is 6.92 Å². The first-order valence-electron chi connectivity index (χ1n) is 10.9. The minimum absolute atomic E-state index is 0.139. The number of rotatable bonds is 6. The van der Waals surface area contributed by atoms with Crippen molar-refractivity contribution in [2.75, 3.05) is 6.61 Å². The Hall–Kier alpha value is -3.91. The van der Waals surface area contributed by atoms with E-state index in [9.17, 15) is 9.59 Å². The van der Waals surface area contributed by atoms with Gasteiger partial charge in [-0.05, 0) is 61.9 Å². The summed E-state index contributed by atoms with van der Waals surface area (Å²) in [4.78, 5) is 35.5. The molecule has 0 fully saturated rings. The molecule has 0 unspecified atom stereocenters. The molecular weight excluding hydrogens is 448 g/mol. The van der Waals surface area contributed by atoms with Crippen LogP contribution in [0.3, 0.4) is 0 Å². The van der Waals surface area contributed by atoms with Gasteiger partial charge in [0.25, 0.3) is 11.1 Å². The third kappa shape index (κ3) is 4.08. The van der Waals surface area contributed by atoms with E-state index < -0.39 is 0 Å². The third-order valence-electron chi connectivity index (χ3n) is 5.44. The number of nitrogens with zero attached hydrogens (tertiary/aromatic N) is 4. The van der Waals surface area contributed by atoms with Crippen molar-refractivity contribution >= 4 is 28.3 Å². The number of ether oxygens (including phenoxy) is 1. The number of fused-ring (bicyclic) bond motifs is 2. The van der Waals surface area contributed by atoms with Crippen LogP contribution in [-0.2, 0) is 5.75 Å². The molecule has 170 valence electrons. The molecule has 0 bridgehead atoms. The molecular formula is C26H22N4O3S. The quantitative estimate of drug-likeness (QED) is 0.271. The van der Waals surface area contributed by atoms with E-state index in [0.29, 0.717) is 45.4 Å². The summed E-state index contributed by atoms with van der Waals surface area (Å²) in [7, 11) is 0. The van der Waals surface area contributed by atoms with Gasteiger partial charge >= 0.3 is 0 Å². The summed E-state index contributed by atoms with van der Waals surface area (Å²) in [5.41, 5.74) is 3.20. The van der Waals surface area contributed by atoms with E-state index in [1.807, 2.05) is 68.4 Å². The van der Waals surface area contributed by atoms with E-state index in [1.165, 1.54) is 22.2 Å². The van der Waals surface area contributed by atoms with Gasteiger partial charge in [-0.1, -0.05) is 30.0 Å². The van der Waals surface area contributed by atoms with Crippen LogP contribution in [0.25, 0.3) is 22.2 Å². The Morgan fingerprint density at radius 1 is 0.971 bits per heavy atom. The van der Waals surface area contributed by atoms with E-state index in [1.54, 1.807) is 16.8 Å². The molecule has 0 N–H and O–H groups in total. The minimum atomic E-state index is -0.153. The second kappa shape index (κ2) is 9.15. The molecule has 0 saturated heterocycles. The van der Waals surface area contributed by atoms with Gasteiger partial charge in [-0.25, -0.2) is 9.97 Å². The molecule has 2 aromatic carbocycles. The highest BCUT2D eigenvalue weighted by Gasteiger charge is 2.15. The maximum absolute atomic E-state index is 13.5. The van der Waals surface area contributed by atoms with Crippen molar-refractivity contribution in [3.05, 3.63) is 105 Å². The fourth-order valence-electron chi connectivity index (χ4n) is 3.82. The molecule has 0 radical (unpaired) electrons. The summed E-state index contributed by atoms with van der Waals surface area (Å²) in [6.07, 6.45) is 1.71. The van der Waals surface area contributed by atoms with Gasteiger partial charge in [-0.3, -0.25) is 18.6 Å². The number of para-hydroxylation sites is 1. The minimum Gasteiger partial charge on any atom is -0.494 e. The van der Waals surface area contributed by atoms with Gasteiger partial charge < -0.3 is 4.74 Å². The summed E-state index contributed by atoms with van der Waals surface area (Å²) in [5, 5.41) is 1.07. The van der Waals surface area contributed by atoms with Gasteiger partial charge in [0.15, 0.2) is 5.16 Å². The predicted octanol–water partition coefficient (Wildman–Crippen LogP) is 4.39. The van der Waals surface area contributed by atoms with E-state index in [0.717, 1.165) is 11.3 Å². The molecule has 8 heteroatoms. The maximum Gasteiger partial charge on any atom is 0.266 e. The fraction of sp³-hybridized carbons (Fsp3) is 0.154. The standard InChI is InChI=1S/C26H22N4O3S/c1-3-33-20-12-10-19(11-13-20)30-25(32)21-8-4-5-9-22(21)28-26(30)34-16-18-15-23(31)29-14-6-7-17(2)24(29)27-18/h4-15H,3,16H2,1-2H3. The van der Waals surface area contributed by atoms with Crippen molar-refractivity contribution in [3.63, 3.8) is 0 Å². The van der Waals surface area contributed by atoms with Gasteiger partial charge in [-0.15, -0.1) is 0 Å². The lowest BCUT2D eigenvalue weighted by Crippen LogP contribution is -2.22. The van der Waals surface area contributed by atoms with Crippen LogP contribution >= 0.6 is 11.8 Å². The highest BCUT2D eigenvalue weighted by Crippen LogP contribution is 2.25. The number of hydrogen-bond acceptors (Lipinski definition) is 6.